The Morgan fingerprint density at radius 3 is 2.60 bits per heavy atom. The average molecular weight is 218 g/mol. The van der Waals surface area contributed by atoms with Crippen molar-refractivity contribution < 1.29 is 13.2 Å². The summed E-state index contributed by atoms with van der Waals surface area (Å²) >= 11 is 0. The molecule has 0 unspecified atom stereocenters. The fraction of sp³-hybridized carbons (Fsp3) is 0.400. The maximum absolute atomic E-state index is 11.8. The minimum atomic E-state index is -4.07. The van der Waals surface area contributed by atoms with Gasteiger partial charge in [0.25, 0.3) is 0 Å². The van der Waals surface area contributed by atoms with Gasteiger partial charge >= 0.3 is 6.18 Å². The van der Waals surface area contributed by atoms with Gasteiger partial charge in [0.05, 0.1) is 0 Å². The molecule has 1 rings (SSSR count). The molecule has 5 heteroatoms. The van der Waals surface area contributed by atoms with Crippen molar-refractivity contribution in [3.63, 3.8) is 0 Å². The zero-order chi connectivity index (χ0) is 11.3. The van der Waals surface area contributed by atoms with Crippen molar-refractivity contribution in [1.82, 2.24) is 0 Å². The summed E-state index contributed by atoms with van der Waals surface area (Å²) in [5.74, 6) is 0. The van der Waals surface area contributed by atoms with E-state index in [4.69, 9.17) is 5.73 Å². The molecular formula is C10H13F3N2. The molecule has 0 amide bonds. The van der Waals surface area contributed by atoms with Crippen LogP contribution in [-0.4, -0.2) is 12.7 Å². The number of nitrogen functional groups attached to an aromatic ring is 1. The molecule has 0 heterocycles. The average Bonchev–Trinajstić information content (AvgIpc) is 2.11. The van der Waals surface area contributed by atoms with Crippen LogP contribution in [0.1, 0.15) is 12.8 Å². The fourth-order valence-corrected chi connectivity index (χ4v) is 1.17. The molecule has 84 valence electrons. The molecule has 0 spiro atoms. The molecule has 0 fully saturated rings. The van der Waals surface area contributed by atoms with Crippen molar-refractivity contribution in [3.8, 4) is 0 Å². The molecule has 0 saturated carbocycles. The molecule has 0 aliphatic rings. The smallest absolute Gasteiger partial charge is 0.389 e. The van der Waals surface area contributed by atoms with Gasteiger partial charge in [-0.25, -0.2) is 0 Å². The lowest BCUT2D eigenvalue weighted by atomic mass is 10.2. The van der Waals surface area contributed by atoms with E-state index >= 15 is 0 Å². The minimum Gasteiger partial charge on any atom is -0.399 e. The number of nitrogens with one attached hydrogen (secondary N) is 1. The Morgan fingerprint density at radius 1 is 1.27 bits per heavy atom. The molecule has 1 aromatic rings. The van der Waals surface area contributed by atoms with Crippen molar-refractivity contribution in [1.29, 1.82) is 0 Å². The monoisotopic (exact) mass is 218 g/mol. The molecular weight excluding hydrogens is 205 g/mol. The zero-order valence-electron chi connectivity index (χ0n) is 8.14. The third-order valence-electron chi connectivity index (χ3n) is 1.85. The van der Waals surface area contributed by atoms with Crippen LogP contribution in [0.5, 0.6) is 0 Å². The molecule has 0 aliphatic carbocycles. The second-order valence-electron chi connectivity index (χ2n) is 3.27. The molecule has 0 bridgehead atoms. The molecule has 3 N–H and O–H groups in total. The van der Waals surface area contributed by atoms with Crippen LogP contribution in [0.25, 0.3) is 0 Å². The van der Waals surface area contributed by atoms with Crippen molar-refractivity contribution >= 4 is 11.4 Å². The number of nitrogens with two attached hydrogens (primary N) is 1. The fourth-order valence-electron chi connectivity index (χ4n) is 1.17. The van der Waals surface area contributed by atoms with E-state index in [0.717, 1.165) is 5.69 Å². The summed E-state index contributed by atoms with van der Waals surface area (Å²) in [5.41, 5.74) is 6.85. The van der Waals surface area contributed by atoms with Crippen molar-refractivity contribution in [2.24, 2.45) is 0 Å². The second-order valence-corrected chi connectivity index (χ2v) is 3.27. The second kappa shape index (κ2) is 4.91. The minimum absolute atomic E-state index is 0.0678. The quantitative estimate of drug-likeness (QED) is 0.602. The highest BCUT2D eigenvalue weighted by Crippen LogP contribution is 2.21. The lowest BCUT2D eigenvalue weighted by Crippen LogP contribution is -2.10. The van der Waals surface area contributed by atoms with Gasteiger partial charge in [0.1, 0.15) is 0 Å². The highest BCUT2D eigenvalue weighted by atomic mass is 19.4. The predicted octanol–water partition coefficient (Wildman–Crippen LogP) is 3.02. The van der Waals surface area contributed by atoms with Crippen LogP contribution in [0.4, 0.5) is 24.5 Å². The molecule has 1 aromatic carbocycles. The van der Waals surface area contributed by atoms with E-state index in [0.29, 0.717) is 12.2 Å². The number of alkyl halides is 3. The van der Waals surface area contributed by atoms with E-state index in [-0.39, 0.29) is 6.42 Å². The number of anilines is 2. The summed E-state index contributed by atoms with van der Waals surface area (Å²) in [4.78, 5) is 0. The Labute approximate surface area is 86.3 Å². The third kappa shape index (κ3) is 5.15. The molecule has 2 nitrogen and oxygen atoms in total. The standard InChI is InChI=1S/C10H13F3N2/c11-10(12,13)5-2-6-15-9-4-1-3-8(14)7-9/h1,3-4,7,15H,2,5-6,14H2. The molecule has 0 atom stereocenters. The number of rotatable bonds is 4. The van der Waals surface area contributed by atoms with E-state index in [1.165, 1.54) is 0 Å². The normalized spacial score (nSPS) is 11.4. The summed E-state index contributed by atoms with van der Waals surface area (Å²) < 4.78 is 35.4. The highest BCUT2D eigenvalue weighted by Gasteiger charge is 2.25. The van der Waals surface area contributed by atoms with Gasteiger partial charge in [-0.3, -0.25) is 0 Å². The number of hydrogen-bond acceptors (Lipinski definition) is 2. The van der Waals surface area contributed by atoms with Gasteiger partial charge in [-0.05, 0) is 24.6 Å². The van der Waals surface area contributed by atoms with Gasteiger partial charge in [0.15, 0.2) is 0 Å². The van der Waals surface area contributed by atoms with E-state index in [1.54, 1.807) is 24.3 Å². The summed E-state index contributed by atoms with van der Waals surface area (Å²) in [6, 6.07) is 6.93. The number of halogens is 3. The van der Waals surface area contributed by atoms with Crippen LogP contribution in [0.2, 0.25) is 0 Å². The van der Waals surface area contributed by atoms with E-state index in [2.05, 4.69) is 5.32 Å². The van der Waals surface area contributed by atoms with E-state index in [9.17, 15) is 13.2 Å². The van der Waals surface area contributed by atoms with Gasteiger partial charge in [-0.15, -0.1) is 0 Å². The first-order valence-corrected chi connectivity index (χ1v) is 4.63. The van der Waals surface area contributed by atoms with Gasteiger partial charge in [0, 0.05) is 24.3 Å². The Bertz CT molecular complexity index is 310. The molecule has 0 aromatic heterocycles. The van der Waals surface area contributed by atoms with Crippen molar-refractivity contribution in [3.05, 3.63) is 24.3 Å². The van der Waals surface area contributed by atoms with Crippen LogP contribution >= 0.6 is 0 Å². The maximum atomic E-state index is 11.8. The van der Waals surface area contributed by atoms with Crippen LogP contribution in [-0.2, 0) is 0 Å². The molecule has 0 saturated heterocycles. The van der Waals surface area contributed by atoms with Gasteiger partial charge < -0.3 is 11.1 Å². The van der Waals surface area contributed by atoms with Crippen molar-refractivity contribution in [2.75, 3.05) is 17.6 Å². The first-order valence-electron chi connectivity index (χ1n) is 4.63. The Kier molecular flexibility index (Phi) is 3.82. The van der Waals surface area contributed by atoms with Crippen LogP contribution in [0.15, 0.2) is 24.3 Å². The molecule has 15 heavy (non-hydrogen) atoms. The first-order chi connectivity index (χ1) is 6.97. The van der Waals surface area contributed by atoms with Gasteiger partial charge in [0.2, 0.25) is 0 Å². The third-order valence-corrected chi connectivity index (χ3v) is 1.85. The largest absolute Gasteiger partial charge is 0.399 e. The molecule has 0 aliphatic heterocycles. The Morgan fingerprint density at radius 2 is 2.00 bits per heavy atom. The molecule has 0 radical (unpaired) electrons. The Balaban J connectivity index is 2.26. The lowest BCUT2D eigenvalue weighted by Gasteiger charge is -2.08. The van der Waals surface area contributed by atoms with Crippen LogP contribution in [0, 0.1) is 0 Å². The van der Waals surface area contributed by atoms with Gasteiger partial charge in [-0.1, -0.05) is 6.07 Å². The first kappa shape index (κ1) is 11.7. The van der Waals surface area contributed by atoms with E-state index < -0.39 is 12.6 Å². The topological polar surface area (TPSA) is 38.0 Å². The highest BCUT2D eigenvalue weighted by molar-refractivity contribution is 5.53. The number of hydrogen-bond donors (Lipinski definition) is 2. The van der Waals surface area contributed by atoms with Crippen LogP contribution in [0.3, 0.4) is 0 Å². The zero-order valence-corrected chi connectivity index (χ0v) is 8.14. The predicted molar refractivity (Wildman–Crippen MR) is 54.6 cm³/mol. The summed E-state index contributed by atoms with van der Waals surface area (Å²) in [6.45, 7) is 0.295. The maximum Gasteiger partial charge on any atom is 0.389 e. The van der Waals surface area contributed by atoms with Gasteiger partial charge in [-0.2, -0.15) is 13.2 Å². The van der Waals surface area contributed by atoms with Crippen molar-refractivity contribution in [2.45, 2.75) is 19.0 Å². The SMILES string of the molecule is Nc1cccc(NCCCC(F)(F)F)c1. The Hall–Kier alpha value is -1.39. The van der Waals surface area contributed by atoms with E-state index in [1.807, 2.05) is 0 Å². The summed E-state index contributed by atoms with van der Waals surface area (Å²) in [6.07, 6.45) is -4.77. The summed E-state index contributed by atoms with van der Waals surface area (Å²) in [5, 5.41) is 2.88. The van der Waals surface area contributed by atoms with Crippen LogP contribution < -0.4 is 11.1 Å². The number of benzene rings is 1. The summed E-state index contributed by atoms with van der Waals surface area (Å²) in [7, 11) is 0. The lowest BCUT2D eigenvalue weighted by molar-refractivity contribution is -0.134.